The van der Waals surface area contributed by atoms with Gasteiger partial charge >= 0.3 is 5.97 Å². The van der Waals surface area contributed by atoms with E-state index < -0.39 is 6.04 Å². The van der Waals surface area contributed by atoms with Crippen LogP contribution < -0.4 is 10.6 Å². The molecule has 0 amide bonds. The molecule has 0 spiro atoms. The number of Topliss-reactive ketones (excluding diaryl/α,β-unsaturated/α-hetero) is 1. The zero-order valence-corrected chi connectivity index (χ0v) is 11.1. The molecule has 1 atom stereocenters. The molecule has 1 aliphatic heterocycles. The first-order valence-corrected chi connectivity index (χ1v) is 6.36. The largest absolute Gasteiger partial charge is 0.464 e. The topological polar surface area (TPSA) is 67.4 Å². The van der Waals surface area contributed by atoms with Gasteiger partial charge in [0.15, 0.2) is 5.78 Å². The molecule has 1 heterocycles. The third kappa shape index (κ3) is 2.49. The number of carbonyl (C=O) groups is 2. The van der Waals surface area contributed by atoms with Crippen molar-refractivity contribution in [2.24, 2.45) is 5.41 Å². The van der Waals surface area contributed by atoms with Crippen molar-refractivity contribution in [3.63, 3.8) is 0 Å². The fraction of sp³-hybridized carbons (Fsp3) is 0.692. The number of hydrogen-bond donors (Lipinski definition) is 2. The van der Waals surface area contributed by atoms with Gasteiger partial charge in [0.1, 0.15) is 6.04 Å². The normalized spacial score (nSPS) is 25.9. The van der Waals surface area contributed by atoms with Gasteiger partial charge < -0.3 is 15.4 Å². The highest BCUT2D eigenvalue weighted by molar-refractivity contribution is 5.97. The van der Waals surface area contributed by atoms with Crippen molar-refractivity contribution in [2.45, 2.75) is 39.7 Å². The molecule has 0 aromatic heterocycles. The maximum Gasteiger partial charge on any atom is 0.330 e. The second kappa shape index (κ2) is 4.63. The highest BCUT2D eigenvalue weighted by Gasteiger charge is 2.37. The van der Waals surface area contributed by atoms with Crippen molar-refractivity contribution in [1.82, 2.24) is 10.6 Å². The van der Waals surface area contributed by atoms with E-state index >= 15 is 0 Å². The van der Waals surface area contributed by atoms with Crippen molar-refractivity contribution >= 4 is 11.8 Å². The summed E-state index contributed by atoms with van der Waals surface area (Å²) >= 11 is 0. The molecule has 0 radical (unpaired) electrons. The lowest BCUT2D eigenvalue weighted by molar-refractivity contribution is -0.145. The molecule has 2 aliphatic rings. The number of hydrogen-bond acceptors (Lipinski definition) is 5. The van der Waals surface area contributed by atoms with Crippen LogP contribution in [-0.2, 0) is 14.3 Å². The van der Waals surface area contributed by atoms with Gasteiger partial charge in [-0.15, -0.1) is 0 Å². The van der Waals surface area contributed by atoms with E-state index in [0.29, 0.717) is 25.3 Å². The van der Waals surface area contributed by atoms with Gasteiger partial charge in [-0.1, -0.05) is 13.8 Å². The minimum Gasteiger partial charge on any atom is -0.464 e. The van der Waals surface area contributed by atoms with E-state index in [1.54, 1.807) is 6.92 Å². The van der Waals surface area contributed by atoms with Crippen LogP contribution in [0.15, 0.2) is 11.4 Å². The molecule has 1 aliphatic carbocycles. The monoisotopic (exact) mass is 252 g/mol. The van der Waals surface area contributed by atoms with Crippen LogP contribution in [0.5, 0.6) is 0 Å². The second-order valence-electron chi connectivity index (χ2n) is 5.62. The minimum absolute atomic E-state index is 0.0544. The third-order valence-electron chi connectivity index (χ3n) is 3.28. The first-order valence-electron chi connectivity index (χ1n) is 6.36. The molecule has 0 fully saturated rings. The molecule has 0 aromatic rings. The highest BCUT2D eigenvalue weighted by atomic mass is 16.5. The molecule has 18 heavy (non-hydrogen) atoms. The predicted octanol–water partition coefficient (Wildman–Crippen LogP) is 0.712. The van der Waals surface area contributed by atoms with Gasteiger partial charge in [0, 0.05) is 18.7 Å². The summed E-state index contributed by atoms with van der Waals surface area (Å²) in [6, 6.07) is -0.398. The summed E-state index contributed by atoms with van der Waals surface area (Å²) in [6.07, 6.45) is 1.32. The van der Waals surface area contributed by atoms with Crippen LogP contribution in [0.25, 0.3) is 0 Å². The Morgan fingerprint density at radius 1 is 1.44 bits per heavy atom. The van der Waals surface area contributed by atoms with Crippen molar-refractivity contribution in [3.8, 4) is 0 Å². The molecule has 2 N–H and O–H groups in total. The molecule has 0 saturated carbocycles. The standard InChI is InChI=1S/C13H20N2O3/c1-4-18-12(17)9-7-14-11-8(15-9)5-13(2,3)6-10(11)16/h9,14-15H,4-7H2,1-3H3. The fourth-order valence-electron chi connectivity index (χ4n) is 2.50. The van der Waals surface area contributed by atoms with Gasteiger partial charge in [-0.25, -0.2) is 4.79 Å². The van der Waals surface area contributed by atoms with E-state index in [0.717, 1.165) is 12.1 Å². The van der Waals surface area contributed by atoms with Crippen LogP contribution in [0.1, 0.15) is 33.6 Å². The number of rotatable bonds is 2. The average Bonchev–Trinajstić information content (AvgIpc) is 2.26. The van der Waals surface area contributed by atoms with E-state index in [2.05, 4.69) is 24.5 Å². The Morgan fingerprint density at radius 2 is 2.17 bits per heavy atom. The zero-order valence-electron chi connectivity index (χ0n) is 11.1. The quantitative estimate of drug-likeness (QED) is 0.709. The summed E-state index contributed by atoms with van der Waals surface area (Å²) in [5.74, 6) is -0.150. The summed E-state index contributed by atoms with van der Waals surface area (Å²) in [5, 5.41) is 6.21. The Morgan fingerprint density at radius 3 is 2.83 bits per heavy atom. The van der Waals surface area contributed by atoms with E-state index in [-0.39, 0.29) is 17.2 Å². The van der Waals surface area contributed by atoms with Crippen molar-refractivity contribution in [2.75, 3.05) is 13.2 Å². The first-order chi connectivity index (χ1) is 8.43. The first kappa shape index (κ1) is 12.9. The SMILES string of the molecule is CCOC(=O)C1CNC2=C(CC(C)(C)CC2=O)N1. The minimum atomic E-state index is -0.398. The van der Waals surface area contributed by atoms with Gasteiger partial charge in [0.25, 0.3) is 0 Å². The lowest BCUT2D eigenvalue weighted by Gasteiger charge is -2.37. The Kier molecular flexibility index (Phi) is 3.32. The Bertz CT molecular complexity index is 412. The number of allylic oxidation sites excluding steroid dienone is 2. The lowest BCUT2D eigenvalue weighted by atomic mass is 9.77. The average molecular weight is 252 g/mol. The molecule has 0 bridgehead atoms. The molecule has 0 aromatic carbocycles. The molecular formula is C13H20N2O3. The number of esters is 1. The number of ether oxygens (including phenoxy) is 1. The van der Waals surface area contributed by atoms with E-state index in [9.17, 15) is 9.59 Å². The Hall–Kier alpha value is -1.52. The summed E-state index contributed by atoms with van der Waals surface area (Å²) in [5.41, 5.74) is 1.44. The molecule has 1 unspecified atom stereocenters. The lowest BCUT2D eigenvalue weighted by Crippen LogP contribution is -2.53. The van der Waals surface area contributed by atoms with Crippen molar-refractivity contribution < 1.29 is 14.3 Å². The number of nitrogens with one attached hydrogen (secondary N) is 2. The Balaban J connectivity index is 2.14. The van der Waals surface area contributed by atoms with Crippen LogP contribution in [0.4, 0.5) is 0 Å². The van der Waals surface area contributed by atoms with E-state index in [4.69, 9.17) is 4.74 Å². The highest BCUT2D eigenvalue weighted by Crippen LogP contribution is 2.35. The van der Waals surface area contributed by atoms with Gasteiger partial charge in [-0.05, 0) is 18.8 Å². The number of ketones is 1. The molecular weight excluding hydrogens is 232 g/mol. The third-order valence-corrected chi connectivity index (χ3v) is 3.28. The van der Waals surface area contributed by atoms with E-state index in [1.807, 2.05) is 0 Å². The van der Waals surface area contributed by atoms with Gasteiger partial charge in [-0.2, -0.15) is 0 Å². The van der Waals surface area contributed by atoms with Gasteiger partial charge in [-0.3, -0.25) is 4.79 Å². The molecule has 100 valence electrons. The maximum absolute atomic E-state index is 12.0. The van der Waals surface area contributed by atoms with Crippen LogP contribution >= 0.6 is 0 Å². The smallest absolute Gasteiger partial charge is 0.330 e. The zero-order chi connectivity index (χ0) is 13.3. The maximum atomic E-state index is 12.0. The number of carbonyl (C=O) groups excluding carboxylic acids is 2. The Labute approximate surface area is 107 Å². The van der Waals surface area contributed by atoms with Gasteiger partial charge in [0.2, 0.25) is 0 Å². The summed E-state index contributed by atoms with van der Waals surface area (Å²) < 4.78 is 4.99. The molecule has 0 saturated heterocycles. The molecule has 2 rings (SSSR count). The summed E-state index contributed by atoms with van der Waals surface area (Å²) in [6.45, 7) is 6.68. The fourth-order valence-corrected chi connectivity index (χ4v) is 2.50. The van der Waals surface area contributed by atoms with Crippen molar-refractivity contribution in [3.05, 3.63) is 11.4 Å². The van der Waals surface area contributed by atoms with Crippen LogP contribution in [-0.4, -0.2) is 30.9 Å². The van der Waals surface area contributed by atoms with Crippen LogP contribution in [0.3, 0.4) is 0 Å². The van der Waals surface area contributed by atoms with Crippen LogP contribution in [0, 0.1) is 5.41 Å². The second-order valence-corrected chi connectivity index (χ2v) is 5.62. The van der Waals surface area contributed by atoms with E-state index in [1.165, 1.54) is 0 Å². The van der Waals surface area contributed by atoms with Gasteiger partial charge in [0.05, 0.1) is 12.3 Å². The molecule has 5 nitrogen and oxygen atoms in total. The molecule has 5 heteroatoms. The van der Waals surface area contributed by atoms with Crippen molar-refractivity contribution in [1.29, 1.82) is 0 Å². The van der Waals surface area contributed by atoms with Crippen LogP contribution in [0.2, 0.25) is 0 Å². The summed E-state index contributed by atoms with van der Waals surface area (Å²) in [7, 11) is 0. The predicted molar refractivity (Wildman–Crippen MR) is 66.6 cm³/mol. The summed E-state index contributed by atoms with van der Waals surface area (Å²) in [4.78, 5) is 23.7.